The van der Waals surface area contributed by atoms with Gasteiger partial charge in [0.05, 0.1) is 18.0 Å². The fourth-order valence-electron chi connectivity index (χ4n) is 4.16. The Hall–Kier alpha value is -2.54. The van der Waals surface area contributed by atoms with Crippen LogP contribution in [0.5, 0.6) is 5.75 Å². The Morgan fingerprint density at radius 3 is 2.45 bits per heavy atom. The molecule has 1 aliphatic heterocycles. The van der Waals surface area contributed by atoms with Crippen LogP contribution >= 0.6 is 0 Å². The Labute approximate surface area is 172 Å². The summed E-state index contributed by atoms with van der Waals surface area (Å²) in [6.07, 6.45) is 3.37. The molecule has 0 saturated heterocycles. The number of amides is 1. The number of para-hydroxylation sites is 2. The van der Waals surface area contributed by atoms with Crippen LogP contribution in [0.25, 0.3) is 0 Å². The molecule has 0 unspecified atom stereocenters. The lowest BCUT2D eigenvalue weighted by Gasteiger charge is -2.37. The highest BCUT2D eigenvalue weighted by molar-refractivity contribution is 7.92. The van der Waals surface area contributed by atoms with E-state index in [4.69, 9.17) is 4.74 Å². The number of likely N-dealkylation sites (N-methyl/N-ethyl adjacent to an activating group) is 1. The van der Waals surface area contributed by atoms with Crippen molar-refractivity contribution < 1.29 is 17.9 Å². The van der Waals surface area contributed by atoms with Gasteiger partial charge in [-0.1, -0.05) is 55.3 Å². The van der Waals surface area contributed by atoms with E-state index in [1.54, 1.807) is 48.3 Å². The lowest BCUT2D eigenvalue weighted by Crippen LogP contribution is -2.52. The SMILES string of the molecule is CN(C(=O)[C@@H]1CN(S(=O)(=O)Cc2ccccc2)c2ccccc2O1)C1CCCC1. The molecule has 2 aromatic rings. The van der Waals surface area contributed by atoms with Crippen LogP contribution in [-0.4, -0.2) is 45.0 Å². The molecule has 1 saturated carbocycles. The largest absolute Gasteiger partial charge is 0.476 e. The Bertz CT molecular complexity index is 971. The normalized spacial score (nSPS) is 19.5. The zero-order valence-electron chi connectivity index (χ0n) is 16.5. The molecule has 2 aliphatic rings. The maximum Gasteiger partial charge on any atom is 0.265 e. The highest BCUT2D eigenvalue weighted by Gasteiger charge is 2.39. The van der Waals surface area contributed by atoms with E-state index in [0.717, 1.165) is 25.7 Å². The summed E-state index contributed by atoms with van der Waals surface area (Å²) >= 11 is 0. The number of sulfonamides is 1. The number of benzene rings is 2. The van der Waals surface area contributed by atoms with E-state index in [9.17, 15) is 13.2 Å². The predicted molar refractivity (Wildman–Crippen MR) is 112 cm³/mol. The second-order valence-electron chi connectivity index (χ2n) is 7.73. The second kappa shape index (κ2) is 8.06. The molecule has 6 nitrogen and oxygen atoms in total. The topological polar surface area (TPSA) is 66.9 Å². The third-order valence-corrected chi connectivity index (χ3v) is 7.47. The van der Waals surface area contributed by atoms with Gasteiger partial charge in [0.1, 0.15) is 5.75 Å². The summed E-state index contributed by atoms with van der Waals surface area (Å²) in [4.78, 5) is 14.8. The van der Waals surface area contributed by atoms with Gasteiger partial charge in [-0.05, 0) is 30.5 Å². The van der Waals surface area contributed by atoms with Crippen molar-refractivity contribution in [2.45, 2.75) is 43.6 Å². The lowest BCUT2D eigenvalue weighted by atomic mass is 10.1. The summed E-state index contributed by atoms with van der Waals surface area (Å²) in [5.41, 5.74) is 1.19. The minimum absolute atomic E-state index is 0.0118. The van der Waals surface area contributed by atoms with Crippen LogP contribution in [0, 0.1) is 0 Å². The standard InChI is InChI=1S/C22H26N2O4S/c1-23(18-11-5-6-12-18)22(25)21-15-24(19-13-7-8-14-20(19)28-21)29(26,27)16-17-9-3-2-4-10-17/h2-4,7-10,13-14,18,21H,5-6,11-12,15-16H2,1H3/t21-/m0/s1. The molecule has 7 heteroatoms. The van der Waals surface area contributed by atoms with Gasteiger partial charge in [0.25, 0.3) is 5.91 Å². The summed E-state index contributed by atoms with van der Waals surface area (Å²) in [5, 5.41) is 0. The zero-order valence-corrected chi connectivity index (χ0v) is 17.3. The van der Waals surface area contributed by atoms with E-state index >= 15 is 0 Å². The Morgan fingerprint density at radius 2 is 1.72 bits per heavy atom. The second-order valence-corrected chi connectivity index (χ2v) is 9.63. The van der Waals surface area contributed by atoms with Crippen molar-refractivity contribution in [2.75, 3.05) is 17.9 Å². The number of hydrogen-bond acceptors (Lipinski definition) is 4. The average molecular weight is 415 g/mol. The summed E-state index contributed by atoms with van der Waals surface area (Å²) < 4.78 is 33.8. The molecule has 0 spiro atoms. The van der Waals surface area contributed by atoms with Crippen LogP contribution in [0.4, 0.5) is 5.69 Å². The average Bonchev–Trinajstić information content (AvgIpc) is 3.27. The number of ether oxygens (including phenoxy) is 1. The minimum Gasteiger partial charge on any atom is -0.476 e. The van der Waals surface area contributed by atoms with Crippen molar-refractivity contribution in [3.05, 3.63) is 60.2 Å². The number of anilines is 1. The first-order valence-corrected chi connectivity index (χ1v) is 11.6. The van der Waals surface area contributed by atoms with Gasteiger partial charge < -0.3 is 9.64 Å². The molecule has 1 atom stereocenters. The van der Waals surface area contributed by atoms with E-state index in [1.807, 2.05) is 18.2 Å². The number of carbonyl (C=O) groups excluding carboxylic acids is 1. The molecular weight excluding hydrogens is 388 g/mol. The van der Waals surface area contributed by atoms with E-state index < -0.39 is 16.1 Å². The van der Waals surface area contributed by atoms with E-state index in [2.05, 4.69) is 0 Å². The molecule has 1 amide bonds. The van der Waals surface area contributed by atoms with Crippen LogP contribution in [0.15, 0.2) is 54.6 Å². The van der Waals surface area contributed by atoms with Gasteiger partial charge in [-0.3, -0.25) is 9.10 Å². The van der Waals surface area contributed by atoms with Crippen molar-refractivity contribution >= 4 is 21.6 Å². The Balaban J connectivity index is 1.61. The summed E-state index contributed by atoms with van der Waals surface area (Å²) in [6.45, 7) is -0.0118. The summed E-state index contributed by atoms with van der Waals surface area (Å²) in [5.74, 6) is 0.140. The predicted octanol–water partition coefficient (Wildman–Crippen LogP) is 3.19. The van der Waals surface area contributed by atoms with Crippen LogP contribution in [0.1, 0.15) is 31.2 Å². The van der Waals surface area contributed by atoms with Crippen LogP contribution in [0.2, 0.25) is 0 Å². The van der Waals surface area contributed by atoms with Gasteiger partial charge in [0, 0.05) is 13.1 Å². The molecule has 4 rings (SSSR count). The molecular formula is C22H26N2O4S. The van der Waals surface area contributed by atoms with Crippen molar-refractivity contribution in [2.24, 2.45) is 0 Å². The van der Waals surface area contributed by atoms with E-state index in [-0.39, 0.29) is 24.2 Å². The first kappa shape index (κ1) is 19.8. The molecule has 0 N–H and O–H groups in total. The molecule has 0 radical (unpaired) electrons. The molecule has 2 aromatic carbocycles. The smallest absolute Gasteiger partial charge is 0.265 e. The van der Waals surface area contributed by atoms with Crippen molar-refractivity contribution in [1.82, 2.24) is 4.90 Å². The summed E-state index contributed by atoms with van der Waals surface area (Å²) in [6, 6.07) is 16.3. The Morgan fingerprint density at radius 1 is 1.07 bits per heavy atom. The van der Waals surface area contributed by atoms with Gasteiger partial charge in [-0.25, -0.2) is 8.42 Å². The highest BCUT2D eigenvalue weighted by atomic mass is 32.2. The van der Waals surface area contributed by atoms with E-state index in [0.29, 0.717) is 17.0 Å². The monoisotopic (exact) mass is 414 g/mol. The number of carbonyl (C=O) groups is 1. The fourth-order valence-corrected chi connectivity index (χ4v) is 5.74. The fraction of sp³-hybridized carbons (Fsp3) is 0.409. The van der Waals surface area contributed by atoms with Crippen LogP contribution < -0.4 is 9.04 Å². The number of fused-ring (bicyclic) bond motifs is 1. The maximum absolute atomic E-state index is 13.3. The maximum atomic E-state index is 13.3. The molecule has 0 bridgehead atoms. The van der Waals surface area contributed by atoms with Crippen molar-refractivity contribution in [3.63, 3.8) is 0 Å². The summed E-state index contributed by atoms with van der Waals surface area (Å²) in [7, 11) is -1.88. The van der Waals surface area contributed by atoms with Crippen molar-refractivity contribution in [3.8, 4) is 5.75 Å². The quantitative estimate of drug-likeness (QED) is 0.754. The molecule has 0 aromatic heterocycles. The van der Waals surface area contributed by atoms with Gasteiger partial charge in [0.15, 0.2) is 6.10 Å². The van der Waals surface area contributed by atoms with Gasteiger partial charge in [-0.2, -0.15) is 0 Å². The van der Waals surface area contributed by atoms with E-state index in [1.165, 1.54) is 4.31 Å². The molecule has 1 fully saturated rings. The van der Waals surface area contributed by atoms with Crippen molar-refractivity contribution in [1.29, 1.82) is 0 Å². The molecule has 154 valence electrons. The lowest BCUT2D eigenvalue weighted by molar-refractivity contribution is -0.139. The first-order chi connectivity index (χ1) is 14.0. The number of hydrogen-bond donors (Lipinski definition) is 0. The van der Waals surface area contributed by atoms with Gasteiger partial charge >= 0.3 is 0 Å². The molecule has 29 heavy (non-hydrogen) atoms. The zero-order chi connectivity index (χ0) is 20.4. The van der Waals surface area contributed by atoms with Gasteiger partial charge in [-0.15, -0.1) is 0 Å². The first-order valence-electron chi connectivity index (χ1n) is 10.0. The van der Waals surface area contributed by atoms with Crippen LogP contribution in [0.3, 0.4) is 0 Å². The Kier molecular flexibility index (Phi) is 5.50. The number of nitrogens with zero attached hydrogens (tertiary/aromatic N) is 2. The highest BCUT2D eigenvalue weighted by Crippen LogP contribution is 2.36. The molecule has 1 heterocycles. The number of rotatable bonds is 5. The van der Waals surface area contributed by atoms with Gasteiger partial charge in [0.2, 0.25) is 10.0 Å². The minimum atomic E-state index is -3.68. The third-order valence-electron chi connectivity index (χ3n) is 5.76. The third kappa shape index (κ3) is 4.10. The van der Waals surface area contributed by atoms with Crippen LogP contribution in [-0.2, 0) is 20.6 Å². The molecule has 1 aliphatic carbocycles.